The van der Waals surface area contributed by atoms with Gasteiger partial charge in [0.25, 0.3) is 5.91 Å². The summed E-state index contributed by atoms with van der Waals surface area (Å²) < 4.78 is 14.1. The van der Waals surface area contributed by atoms with E-state index < -0.39 is 11.7 Å². The summed E-state index contributed by atoms with van der Waals surface area (Å²) in [6.07, 6.45) is 1.44. The van der Waals surface area contributed by atoms with Gasteiger partial charge in [-0.15, -0.1) is 0 Å². The zero-order valence-electron chi connectivity index (χ0n) is 7.91. The third kappa shape index (κ3) is 2.33. The van der Waals surface area contributed by atoms with Crippen molar-refractivity contribution in [2.45, 2.75) is 0 Å². The molecule has 1 aliphatic rings. The van der Waals surface area contributed by atoms with E-state index in [4.69, 9.17) is 5.73 Å². The number of amidine groups is 1. The molecule has 0 atom stereocenters. The first kappa shape index (κ1) is 11.3. The summed E-state index contributed by atoms with van der Waals surface area (Å²) in [5.41, 5.74) is 5.71. The number of rotatable bonds is 1. The number of carbonyl (C=O) groups excluding carboxylic acids is 1. The summed E-state index contributed by atoms with van der Waals surface area (Å²) in [5, 5.41) is 0.187. The Bertz CT molecular complexity index is 528. The molecule has 0 unspecified atom stereocenters. The molecule has 1 amide bonds. The highest BCUT2D eigenvalue weighted by molar-refractivity contribution is 9.10. The Morgan fingerprint density at radius 2 is 2.25 bits per heavy atom. The Morgan fingerprint density at radius 3 is 2.88 bits per heavy atom. The second-order valence-electron chi connectivity index (χ2n) is 3.03. The van der Waals surface area contributed by atoms with Crippen molar-refractivity contribution in [1.82, 2.24) is 0 Å². The molecule has 0 radical (unpaired) electrons. The van der Waals surface area contributed by atoms with Crippen LogP contribution in [-0.2, 0) is 4.79 Å². The Morgan fingerprint density at radius 1 is 1.50 bits per heavy atom. The van der Waals surface area contributed by atoms with E-state index in [1.165, 1.54) is 12.1 Å². The van der Waals surface area contributed by atoms with Gasteiger partial charge in [0.1, 0.15) is 5.82 Å². The van der Waals surface area contributed by atoms with Crippen LogP contribution in [0.15, 0.2) is 32.6 Å². The van der Waals surface area contributed by atoms with Gasteiger partial charge in [0.05, 0.1) is 4.91 Å². The molecule has 0 fully saturated rings. The van der Waals surface area contributed by atoms with Gasteiger partial charge in [0.15, 0.2) is 5.17 Å². The lowest BCUT2D eigenvalue weighted by molar-refractivity contribution is -0.113. The lowest BCUT2D eigenvalue weighted by Crippen LogP contribution is -2.01. The first-order chi connectivity index (χ1) is 7.56. The van der Waals surface area contributed by atoms with Gasteiger partial charge in [-0.2, -0.15) is 4.99 Å². The van der Waals surface area contributed by atoms with E-state index in [-0.39, 0.29) is 5.17 Å². The van der Waals surface area contributed by atoms with Gasteiger partial charge in [-0.1, -0.05) is 15.9 Å². The maximum absolute atomic E-state index is 13.4. The number of halogens is 2. The van der Waals surface area contributed by atoms with Crippen LogP contribution in [-0.4, -0.2) is 11.1 Å². The van der Waals surface area contributed by atoms with Crippen molar-refractivity contribution in [3.8, 4) is 0 Å². The minimum Gasteiger partial charge on any atom is -0.378 e. The van der Waals surface area contributed by atoms with Crippen LogP contribution >= 0.6 is 27.7 Å². The third-order valence-electron chi connectivity index (χ3n) is 1.88. The first-order valence-electron chi connectivity index (χ1n) is 4.29. The number of benzene rings is 1. The van der Waals surface area contributed by atoms with E-state index in [0.29, 0.717) is 10.5 Å². The van der Waals surface area contributed by atoms with E-state index in [1.807, 2.05) is 0 Å². The van der Waals surface area contributed by atoms with Crippen LogP contribution in [0.5, 0.6) is 0 Å². The maximum Gasteiger partial charge on any atom is 0.286 e. The van der Waals surface area contributed by atoms with Gasteiger partial charge in [-0.3, -0.25) is 4.79 Å². The molecule has 2 rings (SSSR count). The molecule has 1 heterocycles. The largest absolute Gasteiger partial charge is 0.378 e. The molecule has 3 nitrogen and oxygen atoms in total. The Balaban J connectivity index is 2.37. The molecule has 0 aliphatic carbocycles. The minimum absolute atomic E-state index is 0.187. The summed E-state index contributed by atoms with van der Waals surface area (Å²) in [7, 11) is 0. The normalized spacial score (nSPS) is 18.0. The molecule has 1 aromatic rings. The number of nitrogens with zero attached hydrogens (tertiary/aromatic N) is 1. The van der Waals surface area contributed by atoms with Crippen molar-refractivity contribution < 1.29 is 9.18 Å². The molecular weight excluding hydrogens is 295 g/mol. The quantitative estimate of drug-likeness (QED) is 0.811. The Kier molecular flexibility index (Phi) is 3.11. The Labute approximate surface area is 104 Å². The van der Waals surface area contributed by atoms with E-state index in [9.17, 15) is 9.18 Å². The second-order valence-corrected chi connectivity index (χ2v) is 5.01. The highest BCUT2D eigenvalue weighted by Crippen LogP contribution is 2.27. The standard InChI is InChI=1S/C10H6BrFN2OS/c11-6-1-2-7(12)5(3-6)4-8-9(15)14-10(13)16-8/h1-4H,(H2,13,14,15)/b8-4+. The molecule has 0 saturated carbocycles. The molecule has 6 heteroatoms. The van der Waals surface area contributed by atoms with Crippen LogP contribution in [0.2, 0.25) is 0 Å². The number of thioether (sulfide) groups is 1. The predicted molar refractivity (Wildman–Crippen MR) is 66.3 cm³/mol. The zero-order valence-corrected chi connectivity index (χ0v) is 10.3. The summed E-state index contributed by atoms with van der Waals surface area (Å²) >= 11 is 4.27. The molecule has 0 spiro atoms. The number of hydrogen-bond acceptors (Lipinski definition) is 3. The average Bonchev–Trinajstić information content (AvgIpc) is 2.51. The van der Waals surface area contributed by atoms with Gasteiger partial charge in [-0.25, -0.2) is 4.39 Å². The van der Waals surface area contributed by atoms with Crippen LogP contribution in [0, 0.1) is 5.82 Å². The molecule has 16 heavy (non-hydrogen) atoms. The molecule has 2 N–H and O–H groups in total. The first-order valence-corrected chi connectivity index (χ1v) is 5.90. The number of carbonyl (C=O) groups is 1. The van der Waals surface area contributed by atoms with Crippen molar-refractivity contribution in [1.29, 1.82) is 0 Å². The zero-order chi connectivity index (χ0) is 11.7. The van der Waals surface area contributed by atoms with E-state index in [1.54, 1.807) is 12.1 Å². The van der Waals surface area contributed by atoms with Gasteiger partial charge in [0.2, 0.25) is 0 Å². The van der Waals surface area contributed by atoms with Crippen LogP contribution in [0.3, 0.4) is 0 Å². The van der Waals surface area contributed by atoms with Crippen LogP contribution < -0.4 is 5.73 Å². The molecule has 0 aromatic heterocycles. The van der Waals surface area contributed by atoms with Crippen molar-refractivity contribution in [3.63, 3.8) is 0 Å². The summed E-state index contributed by atoms with van der Waals surface area (Å²) in [6, 6.07) is 4.50. The fourth-order valence-corrected chi connectivity index (χ4v) is 2.24. The van der Waals surface area contributed by atoms with Crippen molar-refractivity contribution in [2.75, 3.05) is 0 Å². The highest BCUT2D eigenvalue weighted by atomic mass is 79.9. The molecule has 0 bridgehead atoms. The summed E-state index contributed by atoms with van der Waals surface area (Å²) in [6.45, 7) is 0. The third-order valence-corrected chi connectivity index (χ3v) is 3.19. The monoisotopic (exact) mass is 300 g/mol. The van der Waals surface area contributed by atoms with E-state index in [2.05, 4.69) is 20.9 Å². The topological polar surface area (TPSA) is 55.4 Å². The van der Waals surface area contributed by atoms with Crippen molar-refractivity contribution in [2.24, 2.45) is 10.7 Å². The predicted octanol–water partition coefficient (Wildman–Crippen LogP) is 2.52. The number of nitrogens with two attached hydrogens (primary N) is 1. The molecule has 1 aromatic carbocycles. The summed E-state index contributed by atoms with van der Waals surface area (Å²) in [4.78, 5) is 15.2. The second kappa shape index (κ2) is 4.39. The average molecular weight is 301 g/mol. The fraction of sp³-hybridized carbons (Fsp3) is 0. The van der Waals surface area contributed by atoms with Crippen LogP contribution in [0.4, 0.5) is 4.39 Å². The smallest absolute Gasteiger partial charge is 0.286 e. The van der Waals surface area contributed by atoms with Gasteiger partial charge < -0.3 is 5.73 Å². The maximum atomic E-state index is 13.4. The van der Waals surface area contributed by atoms with Crippen LogP contribution in [0.25, 0.3) is 6.08 Å². The van der Waals surface area contributed by atoms with Gasteiger partial charge in [-0.05, 0) is 36.0 Å². The number of hydrogen-bond donors (Lipinski definition) is 1. The Hall–Kier alpha value is -1.14. The fourth-order valence-electron chi connectivity index (χ4n) is 1.19. The number of amides is 1. The molecule has 82 valence electrons. The SMILES string of the molecule is NC1=NC(=O)/C(=C\c2cc(Br)ccc2F)S1. The van der Waals surface area contributed by atoms with Gasteiger partial charge in [0, 0.05) is 10.0 Å². The molecular formula is C10H6BrFN2OS. The van der Waals surface area contributed by atoms with Crippen molar-refractivity contribution in [3.05, 3.63) is 39.0 Å². The summed E-state index contributed by atoms with van der Waals surface area (Å²) in [5.74, 6) is -0.823. The molecule has 0 saturated heterocycles. The lowest BCUT2D eigenvalue weighted by atomic mass is 10.2. The van der Waals surface area contributed by atoms with Crippen LogP contribution in [0.1, 0.15) is 5.56 Å². The van der Waals surface area contributed by atoms with E-state index >= 15 is 0 Å². The molecule has 1 aliphatic heterocycles. The van der Waals surface area contributed by atoms with Crippen molar-refractivity contribution >= 4 is 44.8 Å². The van der Waals surface area contributed by atoms with E-state index in [0.717, 1.165) is 16.2 Å². The highest BCUT2D eigenvalue weighted by Gasteiger charge is 2.19. The lowest BCUT2D eigenvalue weighted by Gasteiger charge is -1.99. The number of aliphatic imine (C=N–C) groups is 1. The van der Waals surface area contributed by atoms with Gasteiger partial charge >= 0.3 is 0 Å². The minimum atomic E-state index is -0.429.